The van der Waals surface area contributed by atoms with Crippen molar-refractivity contribution in [3.63, 3.8) is 0 Å². The predicted octanol–water partition coefficient (Wildman–Crippen LogP) is 4.15. The highest BCUT2D eigenvalue weighted by molar-refractivity contribution is 14.1. The zero-order valence-corrected chi connectivity index (χ0v) is 15.8. The van der Waals surface area contributed by atoms with E-state index < -0.39 is 5.60 Å². The van der Waals surface area contributed by atoms with Crippen molar-refractivity contribution in [2.24, 2.45) is 17.8 Å². The van der Waals surface area contributed by atoms with Gasteiger partial charge in [-0.1, -0.05) is 12.8 Å². The lowest BCUT2D eigenvalue weighted by molar-refractivity contribution is -0.126. The van der Waals surface area contributed by atoms with Gasteiger partial charge in [0.1, 0.15) is 11.6 Å². The normalized spacial score (nSPS) is 34.6. The fourth-order valence-corrected chi connectivity index (χ4v) is 5.07. The quantitative estimate of drug-likeness (QED) is 0.510. The lowest BCUT2D eigenvalue weighted by Crippen LogP contribution is -2.63. The van der Waals surface area contributed by atoms with Crippen molar-refractivity contribution < 1.29 is 14.3 Å². The van der Waals surface area contributed by atoms with E-state index in [2.05, 4.69) is 0 Å². The van der Waals surface area contributed by atoms with Crippen LogP contribution in [0.1, 0.15) is 59.3 Å². The summed E-state index contributed by atoms with van der Waals surface area (Å²) in [6, 6.07) is -0.0752. The van der Waals surface area contributed by atoms with E-state index in [9.17, 15) is 9.59 Å². The Morgan fingerprint density at radius 3 is 2.41 bits per heavy atom. The first-order chi connectivity index (χ1) is 10.3. The number of amides is 1. The highest BCUT2D eigenvalue weighted by Gasteiger charge is 2.52. The number of rotatable bonds is 3. The minimum atomic E-state index is -0.515. The van der Waals surface area contributed by atoms with E-state index in [1.165, 1.54) is 19.3 Å². The van der Waals surface area contributed by atoms with Crippen LogP contribution in [0, 0.1) is 17.8 Å². The summed E-state index contributed by atoms with van der Waals surface area (Å²) in [5, 5.41) is 0. The molecule has 2 bridgehead atoms. The van der Waals surface area contributed by atoms with Crippen LogP contribution in [0.15, 0.2) is 0 Å². The lowest BCUT2D eigenvalue weighted by atomic mass is 9.67. The Balaban J connectivity index is 1.81. The van der Waals surface area contributed by atoms with Gasteiger partial charge < -0.3 is 4.74 Å². The molecule has 4 atom stereocenters. The molecular weight excluding hydrogens is 393 g/mol. The Bertz CT molecular complexity index is 469. The second kappa shape index (κ2) is 5.95. The fourth-order valence-electron chi connectivity index (χ4n) is 4.26. The van der Waals surface area contributed by atoms with Crippen LogP contribution in [-0.4, -0.2) is 32.5 Å². The van der Waals surface area contributed by atoms with Gasteiger partial charge in [-0.25, -0.2) is 4.79 Å². The first-order valence-electron chi connectivity index (χ1n) is 8.47. The van der Waals surface area contributed by atoms with Crippen LogP contribution in [0.3, 0.4) is 0 Å². The number of hydrogen-bond donors (Lipinski definition) is 0. The summed E-state index contributed by atoms with van der Waals surface area (Å²) >= 11 is 1.86. The lowest BCUT2D eigenvalue weighted by Gasteiger charge is -2.53. The number of halogens is 1. The maximum atomic E-state index is 12.7. The summed E-state index contributed by atoms with van der Waals surface area (Å²) in [7, 11) is 0. The molecule has 4 aliphatic rings. The Morgan fingerprint density at radius 2 is 1.86 bits per heavy atom. The smallest absolute Gasteiger partial charge is 0.411 e. The van der Waals surface area contributed by atoms with E-state index in [0.29, 0.717) is 11.8 Å². The molecule has 4 nitrogen and oxygen atoms in total. The van der Waals surface area contributed by atoms with Crippen LogP contribution in [0.25, 0.3) is 0 Å². The summed E-state index contributed by atoms with van der Waals surface area (Å²) < 4.78 is 5.70. The van der Waals surface area contributed by atoms with Crippen molar-refractivity contribution in [3.8, 4) is 0 Å². The monoisotopic (exact) mass is 419 g/mol. The molecule has 0 aromatic carbocycles. The molecule has 0 N–H and O–H groups in total. The SMILES string of the molecule is CC(C)(C)OC(=O)N1[C@H](C(=O)I)[C@@H]2CC[C@H]1[C@H](CC1CC1)C2. The van der Waals surface area contributed by atoms with Gasteiger partial charge in [0, 0.05) is 28.6 Å². The third kappa shape index (κ3) is 3.44. The topological polar surface area (TPSA) is 46.6 Å². The zero-order chi connectivity index (χ0) is 16.1. The highest BCUT2D eigenvalue weighted by atomic mass is 127. The molecule has 2 heterocycles. The van der Waals surface area contributed by atoms with Crippen LogP contribution in [0.4, 0.5) is 4.79 Å². The minimum absolute atomic E-state index is 0.0861. The van der Waals surface area contributed by atoms with E-state index in [1.54, 1.807) is 0 Å². The van der Waals surface area contributed by atoms with E-state index in [4.69, 9.17) is 4.74 Å². The van der Waals surface area contributed by atoms with Crippen LogP contribution in [-0.2, 0) is 9.53 Å². The molecule has 0 spiro atoms. The van der Waals surface area contributed by atoms with Crippen molar-refractivity contribution in [2.45, 2.75) is 77.0 Å². The third-order valence-corrected chi connectivity index (χ3v) is 5.89. The molecule has 2 saturated carbocycles. The van der Waals surface area contributed by atoms with Crippen LogP contribution < -0.4 is 0 Å². The largest absolute Gasteiger partial charge is 0.444 e. The summed E-state index contributed by atoms with van der Waals surface area (Å²) in [5.74, 6) is 1.75. The van der Waals surface area contributed by atoms with Crippen LogP contribution in [0.5, 0.6) is 0 Å². The predicted molar refractivity (Wildman–Crippen MR) is 92.8 cm³/mol. The van der Waals surface area contributed by atoms with Gasteiger partial charge in [0.05, 0.1) is 0 Å². The highest BCUT2D eigenvalue weighted by Crippen LogP contribution is 2.49. The number of hydrogen-bond acceptors (Lipinski definition) is 3. The second-order valence-corrected chi connectivity index (χ2v) is 9.28. The van der Waals surface area contributed by atoms with Crippen LogP contribution >= 0.6 is 22.6 Å². The average Bonchev–Trinajstić information content (AvgIpc) is 3.20. The Morgan fingerprint density at radius 1 is 1.18 bits per heavy atom. The number of piperidine rings is 2. The van der Waals surface area contributed by atoms with E-state index in [0.717, 1.165) is 25.2 Å². The van der Waals surface area contributed by atoms with Gasteiger partial charge in [-0.15, -0.1) is 0 Å². The molecule has 5 heteroatoms. The standard InChI is InChI=1S/C17H26INO3/c1-17(2,3)22-16(21)19-13-7-6-11(14(19)15(18)20)9-12(13)8-10-4-5-10/h10-14H,4-9H2,1-3H3/t11-,12-,13+,14+/m1/s1. The summed E-state index contributed by atoms with van der Waals surface area (Å²) in [4.78, 5) is 26.7. The van der Waals surface area contributed by atoms with Gasteiger partial charge in [-0.05, 0) is 64.2 Å². The number of carbonyl (C=O) groups excluding carboxylic acids is 2. The van der Waals surface area contributed by atoms with Gasteiger partial charge in [-0.2, -0.15) is 0 Å². The van der Waals surface area contributed by atoms with Gasteiger partial charge >= 0.3 is 6.09 Å². The first-order valence-corrected chi connectivity index (χ1v) is 9.55. The van der Waals surface area contributed by atoms with Gasteiger partial charge in [-0.3, -0.25) is 9.69 Å². The molecule has 0 aromatic rings. The van der Waals surface area contributed by atoms with Crippen molar-refractivity contribution in [1.82, 2.24) is 4.90 Å². The van der Waals surface area contributed by atoms with E-state index in [-0.39, 0.29) is 22.0 Å². The molecule has 4 rings (SSSR count). The number of ether oxygens (including phenoxy) is 1. The molecule has 2 aliphatic heterocycles. The molecule has 4 fully saturated rings. The minimum Gasteiger partial charge on any atom is -0.444 e. The molecule has 2 saturated heterocycles. The van der Waals surface area contributed by atoms with Crippen molar-refractivity contribution >= 4 is 32.5 Å². The summed E-state index contributed by atoms with van der Waals surface area (Å²) in [6.45, 7) is 5.65. The summed E-state index contributed by atoms with van der Waals surface area (Å²) in [6.07, 6.45) is 6.83. The van der Waals surface area contributed by atoms with Gasteiger partial charge in [0.25, 0.3) is 0 Å². The van der Waals surface area contributed by atoms with Gasteiger partial charge in [0.15, 0.2) is 0 Å². The molecule has 0 unspecified atom stereocenters. The van der Waals surface area contributed by atoms with Crippen LogP contribution in [0.2, 0.25) is 0 Å². The fraction of sp³-hybridized carbons (Fsp3) is 0.882. The third-order valence-electron chi connectivity index (χ3n) is 5.26. The molecule has 1 amide bonds. The number of carbonyl (C=O) groups is 2. The number of fused-ring (bicyclic) bond motifs is 3. The zero-order valence-electron chi connectivity index (χ0n) is 13.7. The molecular formula is C17H26INO3. The van der Waals surface area contributed by atoms with Crippen molar-refractivity contribution in [3.05, 3.63) is 0 Å². The van der Waals surface area contributed by atoms with E-state index >= 15 is 0 Å². The van der Waals surface area contributed by atoms with E-state index in [1.807, 2.05) is 48.3 Å². The Hall–Kier alpha value is -0.330. The first kappa shape index (κ1) is 16.5. The van der Waals surface area contributed by atoms with Crippen molar-refractivity contribution in [1.29, 1.82) is 0 Å². The van der Waals surface area contributed by atoms with Crippen molar-refractivity contribution in [2.75, 3.05) is 0 Å². The van der Waals surface area contributed by atoms with Gasteiger partial charge in [0.2, 0.25) is 3.79 Å². The maximum Gasteiger partial charge on any atom is 0.411 e. The number of nitrogens with zero attached hydrogens (tertiary/aromatic N) is 1. The molecule has 0 radical (unpaired) electrons. The molecule has 22 heavy (non-hydrogen) atoms. The molecule has 0 aromatic heterocycles. The Kier molecular flexibility index (Phi) is 4.47. The molecule has 2 aliphatic carbocycles. The maximum absolute atomic E-state index is 12.7. The Labute approximate surface area is 146 Å². The molecule has 124 valence electrons. The second-order valence-electron chi connectivity index (χ2n) is 8.22. The average molecular weight is 419 g/mol. The summed E-state index contributed by atoms with van der Waals surface area (Å²) in [5.41, 5.74) is -0.515.